The van der Waals surface area contributed by atoms with Gasteiger partial charge < -0.3 is 14.4 Å². The third kappa shape index (κ3) is 4.07. The molecule has 0 aliphatic heterocycles. The maximum atomic E-state index is 13.3. The lowest BCUT2D eigenvalue weighted by atomic mass is 10.1. The van der Waals surface area contributed by atoms with Crippen LogP contribution in [0.15, 0.2) is 34.9 Å². The lowest BCUT2D eigenvalue weighted by molar-refractivity contribution is -0.136. The number of amides is 1. The zero-order valence-electron chi connectivity index (χ0n) is 14.0. The normalized spacial score (nSPS) is 13.7. The van der Waals surface area contributed by atoms with Gasteiger partial charge in [-0.3, -0.25) is 9.59 Å². The summed E-state index contributed by atoms with van der Waals surface area (Å²) < 4.78 is 18.6. The number of carbonyl (C=O) groups is 2. The number of nitrogens with zero attached hydrogens (tertiary/aromatic N) is 1. The summed E-state index contributed by atoms with van der Waals surface area (Å²) in [5.74, 6) is -1.36. The topological polar surface area (TPSA) is 70.7 Å². The summed E-state index contributed by atoms with van der Waals surface area (Å²) in [6, 6.07) is 6.50. The van der Waals surface area contributed by atoms with Gasteiger partial charge in [-0.05, 0) is 43.9 Å². The third-order valence-electron chi connectivity index (χ3n) is 4.36. The van der Waals surface area contributed by atoms with Crippen molar-refractivity contribution in [2.75, 3.05) is 6.54 Å². The summed E-state index contributed by atoms with van der Waals surface area (Å²) in [7, 11) is 0. The summed E-state index contributed by atoms with van der Waals surface area (Å²) in [5, 5.41) is 9.00. The van der Waals surface area contributed by atoms with E-state index >= 15 is 0 Å². The molecule has 1 amide bonds. The second-order valence-electron chi connectivity index (χ2n) is 6.40. The Bertz CT molecular complexity index is 794. The van der Waals surface area contributed by atoms with Gasteiger partial charge >= 0.3 is 5.97 Å². The van der Waals surface area contributed by atoms with E-state index < -0.39 is 5.97 Å². The summed E-state index contributed by atoms with van der Waals surface area (Å²) in [6.45, 7) is 2.20. The fourth-order valence-corrected chi connectivity index (χ4v) is 2.97. The molecule has 1 aromatic carbocycles. The quantitative estimate of drug-likeness (QED) is 0.836. The highest BCUT2D eigenvalue weighted by Gasteiger charge is 2.35. The molecule has 5 nitrogen and oxygen atoms in total. The van der Waals surface area contributed by atoms with E-state index in [2.05, 4.69) is 0 Å². The molecule has 1 saturated carbocycles. The SMILES string of the molecule is Cc1coc(CC(=O)O)c1C(=O)N(CCc1cccc(F)c1)C1CC1. The number of carbonyl (C=O) groups excluding carboxylic acids is 1. The van der Waals surface area contributed by atoms with E-state index in [1.54, 1.807) is 17.9 Å². The Hall–Kier alpha value is -2.63. The highest BCUT2D eigenvalue weighted by atomic mass is 19.1. The smallest absolute Gasteiger partial charge is 0.311 e. The van der Waals surface area contributed by atoms with Gasteiger partial charge in [0.1, 0.15) is 18.0 Å². The molecule has 25 heavy (non-hydrogen) atoms. The van der Waals surface area contributed by atoms with Crippen LogP contribution in [0.2, 0.25) is 0 Å². The number of aliphatic carboxylic acids is 1. The Morgan fingerprint density at radius 3 is 2.76 bits per heavy atom. The highest BCUT2D eigenvalue weighted by molar-refractivity contribution is 5.97. The molecule has 0 spiro atoms. The van der Waals surface area contributed by atoms with Gasteiger partial charge in [0, 0.05) is 18.2 Å². The monoisotopic (exact) mass is 345 g/mol. The first-order valence-corrected chi connectivity index (χ1v) is 8.30. The van der Waals surface area contributed by atoms with Gasteiger partial charge in [-0.1, -0.05) is 12.1 Å². The van der Waals surface area contributed by atoms with Crippen molar-refractivity contribution in [2.45, 2.75) is 38.6 Å². The number of furan rings is 1. The van der Waals surface area contributed by atoms with Crippen LogP contribution in [0.5, 0.6) is 0 Å². The molecule has 2 aromatic rings. The van der Waals surface area contributed by atoms with Gasteiger partial charge in [-0.25, -0.2) is 4.39 Å². The third-order valence-corrected chi connectivity index (χ3v) is 4.36. The van der Waals surface area contributed by atoms with Gasteiger partial charge in [0.15, 0.2) is 0 Å². The highest BCUT2D eigenvalue weighted by Crippen LogP contribution is 2.30. The number of rotatable bonds is 7. The molecule has 132 valence electrons. The van der Waals surface area contributed by atoms with E-state index in [0.717, 1.165) is 18.4 Å². The van der Waals surface area contributed by atoms with Crippen LogP contribution in [0.25, 0.3) is 0 Å². The van der Waals surface area contributed by atoms with Gasteiger partial charge in [0.05, 0.1) is 11.8 Å². The van der Waals surface area contributed by atoms with Crippen molar-refractivity contribution in [1.29, 1.82) is 0 Å². The molecular formula is C19H20FNO4. The first-order valence-electron chi connectivity index (χ1n) is 8.30. The molecule has 1 aliphatic rings. The first kappa shape index (κ1) is 17.2. The van der Waals surface area contributed by atoms with E-state index in [9.17, 15) is 14.0 Å². The maximum absolute atomic E-state index is 13.3. The number of aryl methyl sites for hydroxylation is 1. The van der Waals surface area contributed by atoms with Crippen LogP contribution in [0.3, 0.4) is 0 Å². The summed E-state index contributed by atoms with van der Waals surface area (Å²) in [6.07, 6.45) is 3.51. The van der Waals surface area contributed by atoms with Gasteiger partial charge in [0.25, 0.3) is 5.91 Å². The molecule has 3 rings (SSSR count). The minimum Gasteiger partial charge on any atom is -0.481 e. The summed E-state index contributed by atoms with van der Waals surface area (Å²) in [4.78, 5) is 25.7. The number of benzene rings is 1. The van der Waals surface area contributed by atoms with E-state index in [1.807, 2.05) is 6.07 Å². The Kier molecular flexibility index (Phi) is 4.88. The Balaban J connectivity index is 1.78. The molecule has 1 N–H and O–H groups in total. The molecule has 0 unspecified atom stereocenters. The van der Waals surface area contributed by atoms with Crippen molar-refractivity contribution < 1.29 is 23.5 Å². The van der Waals surface area contributed by atoms with Crippen LogP contribution < -0.4 is 0 Å². The van der Waals surface area contributed by atoms with Crippen LogP contribution in [0.1, 0.15) is 40.1 Å². The summed E-state index contributed by atoms with van der Waals surface area (Å²) in [5.41, 5.74) is 1.80. The number of hydrogen-bond acceptors (Lipinski definition) is 3. The number of halogens is 1. The summed E-state index contributed by atoms with van der Waals surface area (Å²) >= 11 is 0. The zero-order chi connectivity index (χ0) is 18.0. The number of carboxylic acids is 1. The van der Waals surface area contributed by atoms with E-state index in [4.69, 9.17) is 9.52 Å². The molecule has 1 aliphatic carbocycles. The van der Waals surface area contributed by atoms with E-state index in [-0.39, 0.29) is 29.9 Å². The van der Waals surface area contributed by atoms with Gasteiger partial charge in [0.2, 0.25) is 0 Å². The van der Waals surface area contributed by atoms with Crippen molar-refractivity contribution >= 4 is 11.9 Å². The van der Waals surface area contributed by atoms with Crippen LogP contribution in [0.4, 0.5) is 4.39 Å². The van der Waals surface area contributed by atoms with Crippen molar-refractivity contribution in [3.05, 3.63) is 58.8 Å². The fraction of sp³-hybridized carbons (Fsp3) is 0.368. The van der Waals surface area contributed by atoms with Crippen molar-refractivity contribution in [3.8, 4) is 0 Å². The molecule has 0 atom stereocenters. The maximum Gasteiger partial charge on any atom is 0.311 e. The van der Waals surface area contributed by atoms with Crippen LogP contribution in [0, 0.1) is 12.7 Å². The molecule has 6 heteroatoms. The Morgan fingerprint density at radius 2 is 2.12 bits per heavy atom. The molecule has 0 radical (unpaired) electrons. The number of carboxylic acid groups (broad SMARTS) is 1. The molecule has 0 saturated heterocycles. The molecule has 1 fully saturated rings. The average Bonchev–Trinajstić information content (AvgIpc) is 3.31. The largest absolute Gasteiger partial charge is 0.481 e. The van der Waals surface area contributed by atoms with Gasteiger partial charge in [-0.15, -0.1) is 0 Å². The predicted molar refractivity (Wildman–Crippen MR) is 88.9 cm³/mol. The zero-order valence-corrected chi connectivity index (χ0v) is 14.0. The van der Waals surface area contributed by atoms with Crippen molar-refractivity contribution in [2.24, 2.45) is 0 Å². The van der Waals surface area contributed by atoms with E-state index in [0.29, 0.717) is 24.1 Å². The minimum atomic E-state index is -1.04. The standard InChI is InChI=1S/C19H20FNO4/c1-12-11-25-16(10-17(22)23)18(12)19(24)21(15-5-6-15)8-7-13-3-2-4-14(20)9-13/h2-4,9,11,15H,5-8,10H2,1H3,(H,22,23). The van der Waals surface area contributed by atoms with Crippen molar-refractivity contribution in [3.63, 3.8) is 0 Å². The lowest BCUT2D eigenvalue weighted by Crippen LogP contribution is -2.35. The van der Waals surface area contributed by atoms with Gasteiger partial charge in [-0.2, -0.15) is 0 Å². The first-order chi connectivity index (χ1) is 12.0. The second kappa shape index (κ2) is 7.09. The molecule has 0 bridgehead atoms. The second-order valence-corrected chi connectivity index (χ2v) is 6.40. The molecule has 1 heterocycles. The van der Waals surface area contributed by atoms with Crippen molar-refractivity contribution in [1.82, 2.24) is 4.90 Å². The molecule has 1 aromatic heterocycles. The lowest BCUT2D eigenvalue weighted by Gasteiger charge is -2.23. The Morgan fingerprint density at radius 1 is 1.36 bits per heavy atom. The van der Waals surface area contributed by atoms with Crippen LogP contribution in [-0.2, 0) is 17.6 Å². The van der Waals surface area contributed by atoms with E-state index in [1.165, 1.54) is 18.4 Å². The van der Waals surface area contributed by atoms with Crippen LogP contribution in [-0.4, -0.2) is 34.5 Å². The predicted octanol–water partition coefficient (Wildman–Crippen LogP) is 3.20. The Labute approximate surface area is 145 Å². The number of hydrogen-bond donors (Lipinski definition) is 1. The fourth-order valence-electron chi connectivity index (χ4n) is 2.97. The van der Waals surface area contributed by atoms with Crippen LogP contribution >= 0.6 is 0 Å². The molecular weight excluding hydrogens is 325 g/mol. The average molecular weight is 345 g/mol. The minimum absolute atomic E-state index is 0.160.